The molecule has 0 amide bonds. The maximum Gasteiger partial charge on any atom is 0.178 e. The van der Waals surface area contributed by atoms with E-state index in [0.717, 1.165) is 28.3 Å². The average Bonchev–Trinajstić information content (AvgIpc) is 3.19. The zero-order valence-electron chi connectivity index (χ0n) is 10.6. The first-order valence-corrected chi connectivity index (χ1v) is 7.20. The lowest BCUT2D eigenvalue weighted by Gasteiger charge is -2.06. The van der Waals surface area contributed by atoms with Crippen LogP contribution in [0.5, 0.6) is 0 Å². The molecule has 0 spiro atoms. The van der Waals surface area contributed by atoms with Crippen LogP contribution in [0.3, 0.4) is 0 Å². The molecule has 0 unspecified atom stereocenters. The van der Waals surface area contributed by atoms with Crippen molar-refractivity contribution in [3.63, 3.8) is 0 Å². The van der Waals surface area contributed by atoms with E-state index in [0.29, 0.717) is 0 Å². The fraction of sp³-hybridized carbons (Fsp3) is 0.333. The molecule has 0 saturated heterocycles. The number of aromatic nitrogens is 3. The van der Waals surface area contributed by atoms with Crippen molar-refractivity contribution in [3.05, 3.63) is 35.2 Å². The van der Waals surface area contributed by atoms with Gasteiger partial charge in [0.2, 0.25) is 0 Å². The van der Waals surface area contributed by atoms with Crippen LogP contribution in [0, 0.1) is 10.7 Å². The molecular weight excluding hydrogens is 254 g/mol. The van der Waals surface area contributed by atoms with E-state index < -0.39 is 0 Å². The Bertz CT molecular complexity index is 811. The molecule has 3 nitrogen and oxygen atoms in total. The summed E-state index contributed by atoms with van der Waals surface area (Å²) in [6.45, 7) is 1.01. The molecule has 0 radical (unpaired) electrons. The van der Waals surface area contributed by atoms with Gasteiger partial charge < -0.3 is 9.55 Å². The first-order chi connectivity index (χ1) is 9.33. The van der Waals surface area contributed by atoms with Gasteiger partial charge in [0.05, 0.1) is 22.7 Å². The summed E-state index contributed by atoms with van der Waals surface area (Å²) in [6, 6.07) is 8.26. The molecule has 1 saturated carbocycles. The number of pyridine rings is 1. The van der Waals surface area contributed by atoms with E-state index in [1.54, 1.807) is 0 Å². The monoisotopic (exact) mass is 269 g/mol. The van der Waals surface area contributed by atoms with Gasteiger partial charge in [-0.3, -0.25) is 4.98 Å². The number of benzene rings is 1. The Morgan fingerprint density at radius 2 is 2.16 bits per heavy atom. The van der Waals surface area contributed by atoms with Gasteiger partial charge in [0, 0.05) is 11.9 Å². The minimum atomic E-state index is 0.814. The van der Waals surface area contributed by atoms with Crippen LogP contribution >= 0.6 is 12.2 Å². The highest BCUT2D eigenvalue weighted by Gasteiger charge is 2.21. The minimum Gasteiger partial charge on any atom is -0.329 e. The molecule has 96 valence electrons. The van der Waals surface area contributed by atoms with Gasteiger partial charge in [0.1, 0.15) is 0 Å². The second kappa shape index (κ2) is 4.17. The van der Waals surface area contributed by atoms with Crippen LogP contribution < -0.4 is 0 Å². The number of rotatable bonds is 3. The number of hydrogen-bond acceptors (Lipinski definition) is 2. The van der Waals surface area contributed by atoms with Crippen LogP contribution in [0.2, 0.25) is 0 Å². The molecule has 1 N–H and O–H groups in total. The lowest BCUT2D eigenvalue weighted by molar-refractivity contribution is 0.604. The van der Waals surface area contributed by atoms with Gasteiger partial charge in [0.15, 0.2) is 4.77 Å². The maximum absolute atomic E-state index is 5.47. The lowest BCUT2D eigenvalue weighted by Crippen LogP contribution is -1.99. The number of hydrogen-bond donors (Lipinski definition) is 1. The summed E-state index contributed by atoms with van der Waals surface area (Å²) in [5.41, 5.74) is 3.28. The van der Waals surface area contributed by atoms with Crippen molar-refractivity contribution in [2.45, 2.75) is 25.8 Å². The van der Waals surface area contributed by atoms with E-state index in [1.807, 2.05) is 12.3 Å². The van der Waals surface area contributed by atoms with E-state index in [9.17, 15) is 0 Å². The van der Waals surface area contributed by atoms with E-state index >= 15 is 0 Å². The standard InChI is InChI=1S/C15H15N3S/c19-15-17-13-9-16-12-4-2-1-3-11(12)14(13)18(15)8-7-10-5-6-10/h1-4,9-10H,5-8H2,(H,17,19). The predicted molar refractivity (Wildman–Crippen MR) is 79.8 cm³/mol. The molecule has 2 heterocycles. The molecule has 4 rings (SSSR count). The lowest BCUT2D eigenvalue weighted by atomic mass is 10.2. The Kier molecular flexibility index (Phi) is 2.45. The van der Waals surface area contributed by atoms with Crippen molar-refractivity contribution in [1.82, 2.24) is 14.5 Å². The van der Waals surface area contributed by atoms with Gasteiger partial charge >= 0.3 is 0 Å². The highest BCUT2D eigenvalue weighted by atomic mass is 32.1. The van der Waals surface area contributed by atoms with Crippen molar-refractivity contribution in [2.75, 3.05) is 0 Å². The van der Waals surface area contributed by atoms with Crippen LogP contribution in [0.4, 0.5) is 0 Å². The molecule has 1 fully saturated rings. The fourth-order valence-electron chi connectivity index (χ4n) is 2.72. The zero-order chi connectivity index (χ0) is 12.8. The molecule has 0 atom stereocenters. The molecule has 2 aromatic heterocycles. The van der Waals surface area contributed by atoms with Gasteiger partial charge in [-0.05, 0) is 30.6 Å². The van der Waals surface area contributed by atoms with Crippen LogP contribution in [-0.2, 0) is 6.54 Å². The highest BCUT2D eigenvalue weighted by Crippen LogP contribution is 2.33. The largest absolute Gasteiger partial charge is 0.329 e. The minimum absolute atomic E-state index is 0.814. The zero-order valence-corrected chi connectivity index (χ0v) is 11.4. The number of aryl methyl sites for hydroxylation is 1. The summed E-state index contributed by atoms with van der Waals surface area (Å²) < 4.78 is 3.06. The Hall–Kier alpha value is -1.68. The van der Waals surface area contributed by atoms with E-state index in [2.05, 4.69) is 32.7 Å². The quantitative estimate of drug-likeness (QED) is 0.728. The summed E-state index contributed by atoms with van der Waals surface area (Å²) in [5, 5.41) is 1.18. The topological polar surface area (TPSA) is 33.6 Å². The molecule has 0 aliphatic heterocycles. The molecular formula is C15H15N3S. The van der Waals surface area contributed by atoms with Crippen molar-refractivity contribution in [3.8, 4) is 0 Å². The summed E-state index contributed by atoms with van der Waals surface area (Å²) in [6.07, 6.45) is 5.90. The molecule has 0 bridgehead atoms. The number of aromatic amines is 1. The number of fused-ring (bicyclic) bond motifs is 3. The fourth-order valence-corrected chi connectivity index (χ4v) is 3.02. The first kappa shape index (κ1) is 11.2. The normalized spacial score (nSPS) is 15.4. The number of nitrogens with one attached hydrogen (secondary N) is 1. The van der Waals surface area contributed by atoms with Crippen LogP contribution in [-0.4, -0.2) is 14.5 Å². The summed E-state index contributed by atoms with van der Waals surface area (Å²) in [4.78, 5) is 7.76. The van der Waals surface area contributed by atoms with Crippen molar-refractivity contribution in [1.29, 1.82) is 0 Å². The SMILES string of the molecule is S=c1[nH]c2cnc3ccccc3c2n1CCC1CC1. The number of imidazole rings is 1. The highest BCUT2D eigenvalue weighted by molar-refractivity contribution is 7.71. The Balaban J connectivity index is 1.96. The Morgan fingerprint density at radius 3 is 3.00 bits per heavy atom. The Morgan fingerprint density at radius 1 is 1.32 bits per heavy atom. The third-order valence-corrected chi connectivity index (χ3v) is 4.28. The molecule has 19 heavy (non-hydrogen) atoms. The van der Waals surface area contributed by atoms with Crippen molar-refractivity contribution >= 4 is 34.2 Å². The van der Waals surface area contributed by atoms with Crippen LogP contribution in [0.25, 0.3) is 21.9 Å². The van der Waals surface area contributed by atoms with Gasteiger partial charge in [-0.2, -0.15) is 0 Å². The predicted octanol–water partition coefficient (Wildman–Crippen LogP) is 4.05. The second-order valence-electron chi connectivity index (χ2n) is 5.35. The Labute approximate surface area is 116 Å². The van der Waals surface area contributed by atoms with Gasteiger partial charge in [-0.1, -0.05) is 31.0 Å². The van der Waals surface area contributed by atoms with Gasteiger partial charge in [-0.25, -0.2) is 0 Å². The molecule has 3 aromatic rings. The first-order valence-electron chi connectivity index (χ1n) is 6.79. The van der Waals surface area contributed by atoms with E-state index in [-0.39, 0.29) is 0 Å². The molecule has 4 heteroatoms. The third kappa shape index (κ3) is 1.87. The number of H-pyrrole nitrogens is 1. The van der Waals surface area contributed by atoms with Gasteiger partial charge in [0.25, 0.3) is 0 Å². The second-order valence-corrected chi connectivity index (χ2v) is 5.74. The number of para-hydroxylation sites is 1. The molecule has 1 aromatic carbocycles. The third-order valence-electron chi connectivity index (χ3n) is 3.96. The summed E-state index contributed by atoms with van der Waals surface area (Å²) in [7, 11) is 0. The van der Waals surface area contributed by atoms with Crippen molar-refractivity contribution < 1.29 is 0 Å². The van der Waals surface area contributed by atoms with E-state index in [1.165, 1.54) is 30.2 Å². The summed E-state index contributed by atoms with van der Waals surface area (Å²) >= 11 is 5.47. The van der Waals surface area contributed by atoms with Crippen molar-refractivity contribution in [2.24, 2.45) is 5.92 Å². The molecule has 1 aliphatic carbocycles. The maximum atomic E-state index is 5.47. The van der Waals surface area contributed by atoms with Crippen LogP contribution in [0.15, 0.2) is 30.5 Å². The number of nitrogens with zero attached hydrogens (tertiary/aromatic N) is 2. The summed E-state index contributed by atoms with van der Waals surface area (Å²) in [5.74, 6) is 0.917. The van der Waals surface area contributed by atoms with Gasteiger partial charge in [-0.15, -0.1) is 0 Å². The van der Waals surface area contributed by atoms with E-state index in [4.69, 9.17) is 12.2 Å². The smallest absolute Gasteiger partial charge is 0.178 e. The molecule has 1 aliphatic rings. The average molecular weight is 269 g/mol. The van der Waals surface area contributed by atoms with Crippen LogP contribution in [0.1, 0.15) is 19.3 Å².